The highest BCUT2D eigenvalue weighted by Crippen LogP contribution is 2.07. The number of carbonyl (C=O) groups is 1. The van der Waals surface area contributed by atoms with Gasteiger partial charge in [0.05, 0.1) is 6.04 Å². The van der Waals surface area contributed by atoms with Gasteiger partial charge in [-0.1, -0.05) is 35.9 Å². The minimum Gasteiger partial charge on any atom is -0.350 e. The van der Waals surface area contributed by atoms with Crippen LogP contribution in [-0.2, 0) is 0 Å². The molecule has 66 valence electrons. The van der Waals surface area contributed by atoms with E-state index < -0.39 is 6.03 Å². The molecule has 0 fully saturated rings. The van der Waals surface area contributed by atoms with Crippen LogP contribution in [0.3, 0.4) is 0 Å². The summed E-state index contributed by atoms with van der Waals surface area (Å²) in [6.45, 7) is 1.99. The van der Waals surface area contributed by atoms with Crippen molar-refractivity contribution in [3.63, 3.8) is 0 Å². The fraction of sp³-hybridized carbons (Fsp3) is 0.833. The summed E-state index contributed by atoms with van der Waals surface area (Å²) in [5, 5.41) is 9.68. The molecule has 0 aromatic rings. The number of alkyl halides is 1. The summed E-state index contributed by atoms with van der Waals surface area (Å²) < 4.78 is 0.699. The molecule has 0 saturated carbocycles. The third-order valence-electron chi connectivity index (χ3n) is 1.37. The monoisotopic (exact) mass is 272 g/mol. The van der Waals surface area contributed by atoms with E-state index in [0.29, 0.717) is 9.49 Å². The Labute approximate surface area is 79.8 Å². The van der Waals surface area contributed by atoms with Gasteiger partial charge in [0.1, 0.15) is 0 Å². The lowest BCUT2D eigenvalue weighted by molar-refractivity contribution is -0.0693. The summed E-state index contributed by atoms with van der Waals surface area (Å²) in [6.07, 6.45) is 1.71. The first-order valence-corrected chi connectivity index (χ1v) is 4.99. The van der Waals surface area contributed by atoms with Gasteiger partial charge in [-0.05, 0) is 6.42 Å². The molecular formula is C6H13IN2O2. The topological polar surface area (TPSA) is 66.6 Å². The predicted molar refractivity (Wildman–Crippen MR) is 50.8 cm³/mol. The van der Waals surface area contributed by atoms with E-state index in [4.69, 9.17) is 10.9 Å². The molecule has 1 atom stereocenters. The lowest BCUT2D eigenvalue weighted by Gasteiger charge is -2.21. The maximum absolute atomic E-state index is 10.5. The van der Waals surface area contributed by atoms with Crippen molar-refractivity contribution in [3.05, 3.63) is 0 Å². The molecule has 11 heavy (non-hydrogen) atoms. The average molecular weight is 272 g/mol. The number of nitrogens with zero attached hydrogens (tertiary/aromatic N) is 1. The van der Waals surface area contributed by atoms with E-state index >= 15 is 0 Å². The maximum atomic E-state index is 10.5. The second-order valence-electron chi connectivity index (χ2n) is 2.28. The third-order valence-corrected chi connectivity index (χ3v) is 2.39. The highest BCUT2D eigenvalue weighted by molar-refractivity contribution is 14.1. The van der Waals surface area contributed by atoms with Gasteiger partial charge in [0.25, 0.3) is 0 Å². The Kier molecular flexibility index (Phi) is 5.57. The quantitative estimate of drug-likeness (QED) is 0.351. The van der Waals surface area contributed by atoms with E-state index in [2.05, 4.69) is 22.6 Å². The number of nitrogens with two attached hydrogens (primary N) is 1. The summed E-state index contributed by atoms with van der Waals surface area (Å²) in [5.74, 6) is 0. The maximum Gasteiger partial charge on any atom is 0.338 e. The van der Waals surface area contributed by atoms with Crippen LogP contribution in [0.5, 0.6) is 0 Å². The van der Waals surface area contributed by atoms with Gasteiger partial charge < -0.3 is 5.73 Å². The van der Waals surface area contributed by atoms with Crippen LogP contribution in [0.1, 0.15) is 19.8 Å². The van der Waals surface area contributed by atoms with Crippen LogP contribution in [0, 0.1) is 0 Å². The number of halogens is 1. The molecule has 0 radical (unpaired) electrons. The van der Waals surface area contributed by atoms with Crippen molar-refractivity contribution >= 4 is 28.6 Å². The van der Waals surface area contributed by atoms with Gasteiger partial charge in [-0.15, -0.1) is 0 Å². The van der Waals surface area contributed by atoms with Crippen molar-refractivity contribution in [2.45, 2.75) is 25.8 Å². The van der Waals surface area contributed by atoms with Gasteiger partial charge >= 0.3 is 6.03 Å². The van der Waals surface area contributed by atoms with Crippen LogP contribution < -0.4 is 5.73 Å². The summed E-state index contributed by atoms with van der Waals surface area (Å²) in [4.78, 5) is 10.5. The standard InChI is InChI=1S/C6H13IN2O2/c1-2-3-5(4-7)9(11)6(8)10/h5,11H,2-4H2,1H3,(H2,8,10)/t5-/m0/s1. The van der Waals surface area contributed by atoms with Crippen LogP contribution in [-0.4, -0.2) is 26.8 Å². The highest BCUT2D eigenvalue weighted by Gasteiger charge is 2.17. The van der Waals surface area contributed by atoms with Gasteiger partial charge in [-0.2, -0.15) is 0 Å². The Bertz CT molecular complexity index is 132. The molecular weight excluding hydrogens is 259 g/mol. The van der Waals surface area contributed by atoms with Crippen molar-refractivity contribution in [2.24, 2.45) is 5.73 Å². The molecule has 0 bridgehead atoms. The first-order valence-electron chi connectivity index (χ1n) is 3.47. The van der Waals surface area contributed by atoms with Gasteiger partial charge in [0.2, 0.25) is 0 Å². The second kappa shape index (κ2) is 5.59. The Morgan fingerprint density at radius 3 is 2.64 bits per heavy atom. The van der Waals surface area contributed by atoms with Crippen molar-refractivity contribution in [2.75, 3.05) is 4.43 Å². The zero-order valence-electron chi connectivity index (χ0n) is 6.46. The normalized spacial score (nSPS) is 12.6. The Balaban J connectivity index is 3.91. The summed E-state index contributed by atoms with van der Waals surface area (Å²) >= 11 is 2.11. The van der Waals surface area contributed by atoms with Crippen LogP contribution in [0.4, 0.5) is 4.79 Å². The average Bonchev–Trinajstić information content (AvgIpc) is 1.98. The molecule has 5 heteroatoms. The Hall–Kier alpha value is -0.0400. The number of primary amides is 1. The molecule has 0 aliphatic heterocycles. The molecule has 0 aromatic heterocycles. The fourth-order valence-electron chi connectivity index (χ4n) is 0.778. The van der Waals surface area contributed by atoms with Gasteiger partial charge in [0.15, 0.2) is 0 Å². The van der Waals surface area contributed by atoms with Crippen LogP contribution in [0.15, 0.2) is 0 Å². The third kappa shape index (κ3) is 3.76. The molecule has 0 aromatic carbocycles. The van der Waals surface area contributed by atoms with Crippen LogP contribution >= 0.6 is 22.6 Å². The first kappa shape index (κ1) is 11.0. The minimum atomic E-state index is -0.778. The summed E-state index contributed by atoms with van der Waals surface area (Å²) in [6, 6.07) is -0.918. The van der Waals surface area contributed by atoms with Gasteiger partial charge in [0, 0.05) is 4.43 Å². The molecule has 0 rings (SSSR count). The van der Waals surface area contributed by atoms with Crippen molar-refractivity contribution < 1.29 is 10.0 Å². The molecule has 4 nitrogen and oxygen atoms in total. The molecule has 0 saturated heterocycles. The highest BCUT2D eigenvalue weighted by atomic mass is 127. The lowest BCUT2D eigenvalue weighted by atomic mass is 10.2. The van der Waals surface area contributed by atoms with Gasteiger partial charge in [-0.3, -0.25) is 5.21 Å². The Morgan fingerprint density at radius 1 is 1.82 bits per heavy atom. The molecule has 0 aliphatic carbocycles. The van der Waals surface area contributed by atoms with Gasteiger partial charge in [-0.25, -0.2) is 9.86 Å². The van der Waals surface area contributed by atoms with Crippen molar-refractivity contribution in [1.29, 1.82) is 0 Å². The number of hydrogen-bond acceptors (Lipinski definition) is 2. The van der Waals surface area contributed by atoms with E-state index in [1.807, 2.05) is 6.92 Å². The van der Waals surface area contributed by atoms with Crippen molar-refractivity contribution in [3.8, 4) is 0 Å². The first-order chi connectivity index (χ1) is 5.13. The van der Waals surface area contributed by atoms with E-state index in [-0.39, 0.29) is 6.04 Å². The summed E-state index contributed by atoms with van der Waals surface area (Å²) in [5.41, 5.74) is 4.88. The largest absolute Gasteiger partial charge is 0.350 e. The van der Waals surface area contributed by atoms with Crippen LogP contribution in [0.25, 0.3) is 0 Å². The molecule has 3 N–H and O–H groups in total. The zero-order valence-corrected chi connectivity index (χ0v) is 8.61. The minimum absolute atomic E-state index is 0.141. The van der Waals surface area contributed by atoms with E-state index in [1.165, 1.54) is 0 Å². The zero-order chi connectivity index (χ0) is 8.85. The molecule has 0 spiro atoms. The second-order valence-corrected chi connectivity index (χ2v) is 3.16. The predicted octanol–water partition coefficient (Wildman–Crippen LogP) is 1.36. The fourth-order valence-corrected chi connectivity index (χ4v) is 1.59. The number of rotatable bonds is 4. The van der Waals surface area contributed by atoms with E-state index in [1.54, 1.807) is 0 Å². The SMILES string of the molecule is CCC[C@@H](CI)N(O)C(N)=O. The summed E-state index contributed by atoms with van der Waals surface area (Å²) in [7, 11) is 0. The smallest absolute Gasteiger partial charge is 0.338 e. The van der Waals surface area contributed by atoms with Crippen LogP contribution in [0.2, 0.25) is 0 Å². The van der Waals surface area contributed by atoms with E-state index in [9.17, 15) is 4.79 Å². The molecule has 2 amide bonds. The Morgan fingerprint density at radius 2 is 2.36 bits per heavy atom. The lowest BCUT2D eigenvalue weighted by Crippen LogP contribution is -2.41. The molecule has 0 aliphatic rings. The number of carbonyl (C=O) groups excluding carboxylic acids is 1. The number of urea groups is 1. The molecule has 0 unspecified atom stereocenters. The van der Waals surface area contributed by atoms with E-state index in [0.717, 1.165) is 12.8 Å². The van der Waals surface area contributed by atoms with Crippen molar-refractivity contribution in [1.82, 2.24) is 5.06 Å². The number of hydroxylamine groups is 2. The number of amides is 2. The number of hydrogen-bond donors (Lipinski definition) is 2. The molecule has 0 heterocycles.